The van der Waals surface area contributed by atoms with Gasteiger partial charge in [-0.15, -0.1) is 0 Å². The third-order valence-corrected chi connectivity index (χ3v) is 3.83. The van der Waals surface area contributed by atoms with Gasteiger partial charge in [-0.1, -0.05) is 31.2 Å². The van der Waals surface area contributed by atoms with Gasteiger partial charge in [0.1, 0.15) is 5.75 Å². The Morgan fingerprint density at radius 2 is 1.95 bits per heavy atom. The highest BCUT2D eigenvalue weighted by Crippen LogP contribution is 2.35. The number of para-hydroxylation sites is 1. The third kappa shape index (κ3) is 2.90. The lowest BCUT2D eigenvalue weighted by atomic mass is 9.92. The smallest absolute Gasteiger partial charge is 0.159 e. The average molecular weight is 289 g/mol. The van der Waals surface area contributed by atoms with Crippen molar-refractivity contribution < 1.29 is 13.5 Å². The van der Waals surface area contributed by atoms with Gasteiger partial charge < -0.3 is 10.1 Å². The van der Waals surface area contributed by atoms with Crippen LogP contribution in [0, 0.1) is 17.6 Å². The molecule has 0 aliphatic carbocycles. The van der Waals surface area contributed by atoms with Crippen LogP contribution in [0.1, 0.15) is 24.1 Å². The molecule has 0 saturated carbocycles. The summed E-state index contributed by atoms with van der Waals surface area (Å²) < 4.78 is 31.9. The molecular weight excluding hydrogens is 272 g/mol. The molecule has 1 aliphatic heterocycles. The lowest BCUT2D eigenvalue weighted by molar-refractivity contribution is 0.188. The first-order valence-corrected chi connectivity index (χ1v) is 7.04. The monoisotopic (exact) mass is 289 g/mol. The number of hydrogen-bond acceptors (Lipinski definition) is 2. The molecule has 0 spiro atoms. The lowest BCUT2D eigenvalue weighted by Crippen LogP contribution is -2.33. The van der Waals surface area contributed by atoms with Crippen LogP contribution in [-0.2, 0) is 6.54 Å². The van der Waals surface area contributed by atoms with Crippen molar-refractivity contribution in [2.24, 2.45) is 5.92 Å². The summed E-state index contributed by atoms with van der Waals surface area (Å²) in [6, 6.07) is 12.0. The molecule has 21 heavy (non-hydrogen) atoms. The molecule has 110 valence electrons. The largest absolute Gasteiger partial charge is 0.493 e. The standard InChI is InChI=1S/C17H17F2NO/c1-11-10-21-16-5-3-2-4-13(16)17(11)20-9-12-6-7-14(18)15(19)8-12/h2-8,11,17,20H,9-10H2,1H3. The predicted molar refractivity (Wildman–Crippen MR) is 77.0 cm³/mol. The van der Waals surface area contributed by atoms with Crippen LogP contribution in [0.15, 0.2) is 42.5 Å². The van der Waals surface area contributed by atoms with Gasteiger partial charge in [0.25, 0.3) is 0 Å². The second kappa shape index (κ2) is 5.82. The molecule has 1 aliphatic rings. The Morgan fingerprint density at radius 1 is 1.14 bits per heavy atom. The second-order valence-electron chi connectivity index (χ2n) is 5.43. The molecule has 0 bridgehead atoms. The summed E-state index contributed by atoms with van der Waals surface area (Å²) in [7, 11) is 0. The Labute approximate surface area is 122 Å². The fraction of sp³-hybridized carbons (Fsp3) is 0.294. The maximum absolute atomic E-state index is 13.2. The second-order valence-corrected chi connectivity index (χ2v) is 5.43. The zero-order chi connectivity index (χ0) is 14.8. The first-order valence-electron chi connectivity index (χ1n) is 7.04. The Kier molecular flexibility index (Phi) is 3.88. The van der Waals surface area contributed by atoms with Gasteiger partial charge in [-0.25, -0.2) is 8.78 Å². The van der Waals surface area contributed by atoms with E-state index < -0.39 is 11.6 Å². The van der Waals surface area contributed by atoms with Crippen molar-refractivity contribution in [3.05, 3.63) is 65.2 Å². The van der Waals surface area contributed by atoms with E-state index in [9.17, 15) is 8.78 Å². The topological polar surface area (TPSA) is 21.3 Å². The van der Waals surface area contributed by atoms with Gasteiger partial charge in [-0.2, -0.15) is 0 Å². The average Bonchev–Trinajstić information content (AvgIpc) is 2.50. The van der Waals surface area contributed by atoms with E-state index in [0.717, 1.165) is 22.9 Å². The minimum atomic E-state index is -0.816. The van der Waals surface area contributed by atoms with E-state index in [4.69, 9.17) is 4.74 Å². The number of ether oxygens (including phenoxy) is 1. The van der Waals surface area contributed by atoms with Gasteiger partial charge >= 0.3 is 0 Å². The Balaban J connectivity index is 1.76. The van der Waals surface area contributed by atoms with Crippen molar-refractivity contribution >= 4 is 0 Å². The fourth-order valence-electron chi connectivity index (χ4n) is 2.68. The summed E-state index contributed by atoms with van der Waals surface area (Å²) in [5, 5.41) is 3.42. The van der Waals surface area contributed by atoms with Crippen LogP contribution >= 0.6 is 0 Å². The maximum Gasteiger partial charge on any atom is 0.159 e. The number of rotatable bonds is 3. The Morgan fingerprint density at radius 3 is 2.76 bits per heavy atom. The molecule has 2 aromatic rings. The van der Waals surface area contributed by atoms with Gasteiger partial charge in [0.15, 0.2) is 11.6 Å². The highest BCUT2D eigenvalue weighted by Gasteiger charge is 2.27. The first kappa shape index (κ1) is 14.0. The number of benzene rings is 2. The van der Waals surface area contributed by atoms with Crippen LogP contribution in [0.3, 0.4) is 0 Å². The van der Waals surface area contributed by atoms with E-state index in [0.29, 0.717) is 19.1 Å². The molecule has 1 heterocycles. The molecule has 4 heteroatoms. The number of fused-ring (bicyclic) bond motifs is 1. The summed E-state index contributed by atoms with van der Waals surface area (Å²) >= 11 is 0. The molecule has 1 N–H and O–H groups in total. The van der Waals surface area contributed by atoms with Crippen molar-refractivity contribution in [3.63, 3.8) is 0 Å². The zero-order valence-corrected chi connectivity index (χ0v) is 11.8. The molecule has 0 amide bonds. The quantitative estimate of drug-likeness (QED) is 0.927. The van der Waals surface area contributed by atoms with Gasteiger partial charge in [0.05, 0.1) is 6.61 Å². The maximum atomic E-state index is 13.2. The molecule has 2 nitrogen and oxygen atoms in total. The van der Waals surface area contributed by atoms with Crippen molar-refractivity contribution in [2.75, 3.05) is 6.61 Å². The Hall–Kier alpha value is -1.94. The van der Waals surface area contributed by atoms with Crippen LogP contribution in [0.5, 0.6) is 5.75 Å². The molecule has 0 aromatic heterocycles. The summed E-state index contributed by atoms with van der Waals surface area (Å²) in [6.45, 7) is 3.24. The number of nitrogens with one attached hydrogen (secondary N) is 1. The van der Waals surface area contributed by atoms with E-state index in [2.05, 4.69) is 12.2 Å². The van der Waals surface area contributed by atoms with Crippen LogP contribution in [0.25, 0.3) is 0 Å². The summed E-state index contributed by atoms with van der Waals surface area (Å²) in [5.41, 5.74) is 1.84. The van der Waals surface area contributed by atoms with Crippen molar-refractivity contribution in [1.29, 1.82) is 0 Å². The molecule has 2 aromatic carbocycles. The van der Waals surface area contributed by atoms with E-state index in [1.807, 2.05) is 24.3 Å². The summed E-state index contributed by atoms with van der Waals surface area (Å²) in [4.78, 5) is 0. The van der Waals surface area contributed by atoms with Crippen LogP contribution in [0.4, 0.5) is 8.78 Å². The number of hydrogen-bond donors (Lipinski definition) is 1. The zero-order valence-electron chi connectivity index (χ0n) is 11.8. The molecule has 0 saturated heterocycles. The third-order valence-electron chi connectivity index (χ3n) is 3.83. The van der Waals surface area contributed by atoms with Crippen LogP contribution in [0.2, 0.25) is 0 Å². The van der Waals surface area contributed by atoms with Gasteiger partial charge in [-0.05, 0) is 23.8 Å². The summed E-state index contributed by atoms with van der Waals surface area (Å²) in [6.07, 6.45) is 0. The SMILES string of the molecule is CC1COc2ccccc2C1NCc1ccc(F)c(F)c1. The highest BCUT2D eigenvalue weighted by molar-refractivity contribution is 5.38. The molecule has 2 unspecified atom stereocenters. The van der Waals surface area contributed by atoms with Gasteiger partial charge in [0, 0.05) is 24.1 Å². The van der Waals surface area contributed by atoms with Crippen molar-refractivity contribution in [3.8, 4) is 5.75 Å². The minimum absolute atomic E-state index is 0.142. The van der Waals surface area contributed by atoms with Crippen molar-refractivity contribution in [2.45, 2.75) is 19.5 Å². The van der Waals surface area contributed by atoms with E-state index in [-0.39, 0.29) is 6.04 Å². The predicted octanol–water partition coefficient (Wildman–Crippen LogP) is 3.82. The van der Waals surface area contributed by atoms with E-state index in [1.165, 1.54) is 6.07 Å². The highest BCUT2D eigenvalue weighted by atomic mass is 19.2. The normalized spacial score (nSPS) is 20.7. The molecule has 0 fully saturated rings. The Bertz CT molecular complexity index is 644. The number of halogens is 2. The van der Waals surface area contributed by atoms with E-state index >= 15 is 0 Å². The molecule has 0 radical (unpaired) electrons. The van der Waals surface area contributed by atoms with Crippen LogP contribution in [-0.4, -0.2) is 6.61 Å². The first-order chi connectivity index (χ1) is 10.1. The van der Waals surface area contributed by atoms with Crippen LogP contribution < -0.4 is 10.1 Å². The van der Waals surface area contributed by atoms with Gasteiger partial charge in [-0.3, -0.25) is 0 Å². The van der Waals surface area contributed by atoms with Crippen molar-refractivity contribution in [1.82, 2.24) is 5.32 Å². The lowest BCUT2D eigenvalue weighted by Gasteiger charge is -2.32. The molecular formula is C17H17F2NO. The fourth-order valence-corrected chi connectivity index (χ4v) is 2.68. The molecule has 3 rings (SSSR count). The van der Waals surface area contributed by atoms with Gasteiger partial charge in [0.2, 0.25) is 0 Å². The summed E-state index contributed by atoms with van der Waals surface area (Å²) in [5.74, 6) is -0.429. The van der Waals surface area contributed by atoms with E-state index in [1.54, 1.807) is 6.07 Å². The molecule has 2 atom stereocenters. The minimum Gasteiger partial charge on any atom is -0.493 e.